The lowest BCUT2D eigenvalue weighted by Gasteiger charge is -2.12. The number of hydrogen-bond acceptors (Lipinski definition) is 3. The van der Waals surface area contributed by atoms with Crippen molar-refractivity contribution >= 4 is 29.7 Å². The first-order chi connectivity index (χ1) is 9.74. The van der Waals surface area contributed by atoms with Crippen molar-refractivity contribution in [3.8, 4) is 0 Å². The molecule has 0 fully saturated rings. The molecule has 0 saturated carbocycles. The molecule has 2 aromatic rings. The first kappa shape index (κ1) is 16.0. The first-order valence-corrected chi connectivity index (χ1v) is 7.76. The third kappa shape index (κ3) is 3.64. The third-order valence-corrected chi connectivity index (χ3v) is 4.92. The summed E-state index contributed by atoms with van der Waals surface area (Å²) >= 11 is 1.62. The van der Waals surface area contributed by atoms with Crippen LogP contribution in [0.25, 0.3) is 0 Å². The molecular weight excluding hydrogens is 304 g/mol. The quantitative estimate of drug-likeness (QED) is 0.909. The normalized spacial score (nSPS) is 14.1. The maximum absolute atomic E-state index is 12.1. The van der Waals surface area contributed by atoms with Crippen molar-refractivity contribution in [3.05, 3.63) is 57.3 Å². The number of rotatable bonds is 4. The molecule has 1 amide bonds. The molecule has 0 radical (unpaired) electrons. The van der Waals surface area contributed by atoms with Gasteiger partial charge < -0.3 is 11.1 Å². The van der Waals surface area contributed by atoms with Gasteiger partial charge in [0.25, 0.3) is 5.91 Å². The van der Waals surface area contributed by atoms with Crippen LogP contribution in [0, 0.1) is 0 Å². The summed E-state index contributed by atoms with van der Waals surface area (Å²) in [5.41, 5.74) is 8.48. The molecule has 0 spiro atoms. The number of fused-ring (bicyclic) bond motifs is 1. The molecule has 1 aromatic heterocycles. The van der Waals surface area contributed by atoms with Crippen LogP contribution in [-0.4, -0.2) is 12.5 Å². The summed E-state index contributed by atoms with van der Waals surface area (Å²) in [5.74, 6) is -0.00391. The standard InChI is InChI=1S/C16H18N2OS.ClH/c17-13(11-5-2-1-3-6-11)10-18-16(19)15-9-12-7-4-8-14(12)20-15;/h1-3,5-6,9,13H,4,7-8,10,17H2,(H,18,19);1H. The van der Waals surface area contributed by atoms with E-state index in [2.05, 4.69) is 5.32 Å². The van der Waals surface area contributed by atoms with Gasteiger partial charge in [0.2, 0.25) is 0 Å². The molecule has 1 aliphatic carbocycles. The van der Waals surface area contributed by atoms with Gasteiger partial charge in [0.15, 0.2) is 0 Å². The number of amides is 1. The van der Waals surface area contributed by atoms with E-state index in [1.54, 1.807) is 11.3 Å². The fraction of sp³-hybridized carbons (Fsp3) is 0.312. The number of carbonyl (C=O) groups is 1. The van der Waals surface area contributed by atoms with Crippen LogP contribution in [0.4, 0.5) is 0 Å². The number of aryl methyl sites for hydroxylation is 2. The number of halogens is 1. The SMILES string of the molecule is Cl.NC(CNC(=O)c1cc2c(s1)CCC2)c1ccccc1. The molecule has 1 heterocycles. The second-order valence-corrected chi connectivity index (χ2v) is 6.28. The molecule has 0 saturated heterocycles. The Balaban J connectivity index is 0.00000161. The molecule has 3 rings (SSSR count). The molecule has 5 heteroatoms. The van der Waals surface area contributed by atoms with Crippen LogP contribution >= 0.6 is 23.7 Å². The van der Waals surface area contributed by atoms with Gasteiger partial charge in [-0.2, -0.15) is 0 Å². The van der Waals surface area contributed by atoms with Gasteiger partial charge in [0.05, 0.1) is 4.88 Å². The topological polar surface area (TPSA) is 55.1 Å². The number of nitrogens with one attached hydrogen (secondary N) is 1. The first-order valence-electron chi connectivity index (χ1n) is 6.94. The summed E-state index contributed by atoms with van der Waals surface area (Å²) in [6.45, 7) is 0.464. The Kier molecular flexibility index (Phi) is 5.39. The molecule has 3 nitrogen and oxygen atoms in total. The van der Waals surface area contributed by atoms with Crippen molar-refractivity contribution in [2.75, 3.05) is 6.54 Å². The molecular formula is C16H19ClN2OS. The Labute approximate surface area is 135 Å². The van der Waals surface area contributed by atoms with Crippen LogP contribution in [0.3, 0.4) is 0 Å². The van der Waals surface area contributed by atoms with E-state index in [1.807, 2.05) is 36.4 Å². The van der Waals surface area contributed by atoms with E-state index in [0.29, 0.717) is 6.54 Å². The van der Waals surface area contributed by atoms with Crippen molar-refractivity contribution in [3.63, 3.8) is 0 Å². The number of benzene rings is 1. The van der Waals surface area contributed by atoms with E-state index >= 15 is 0 Å². The Morgan fingerprint density at radius 3 is 2.76 bits per heavy atom. The zero-order valence-electron chi connectivity index (χ0n) is 11.7. The lowest BCUT2D eigenvalue weighted by atomic mass is 10.1. The maximum atomic E-state index is 12.1. The van der Waals surface area contributed by atoms with E-state index in [1.165, 1.54) is 16.9 Å². The predicted octanol–water partition coefficient (Wildman–Crippen LogP) is 3.09. The van der Waals surface area contributed by atoms with E-state index in [-0.39, 0.29) is 24.4 Å². The van der Waals surface area contributed by atoms with Crippen LogP contribution in [-0.2, 0) is 12.8 Å². The molecule has 1 atom stereocenters. The summed E-state index contributed by atoms with van der Waals surface area (Å²) in [6, 6.07) is 11.7. The monoisotopic (exact) mass is 322 g/mol. The van der Waals surface area contributed by atoms with Gasteiger partial charge >= 0.3 is 0 Å². The van der Waals surface area contributed by atoms with Gasteiger partial charge in [-0.3, -0.25) is 4.79 Å². The highest BCUT2D eigenvalue weighted by atomic mass is 35.5. The highest BCUT2D eigenvalue weighted by Gasteiger charge is 2.18. The van der Waals surface area contributed by atoms with Crippen LogP contribution in [0.1, 0.15) is 38.1 Å². The third-order valence-electron chi connectivity index (χ3n) is 3.68. The largest absolute Gasteiger partial charge is 0.349 e. The lowest BCUT2D eigenvalue weighted by Crippen LogP contribution is -2.31. The van der Waals surface area contributed by atoms with Crippen LogP contribution in [0.2, 0.25) is 0 Å². The zero-order valence-corrected chi connectivity index (χ0v) is 13.3. The maximum Gasteiger partial charge on any atom is 0.261 e. The minimum Gasteiger partial charge on any atom is -0.349 e. The smallest absolute Gasteiger partial charge is 0.261 e. The predicted molar refractivity (Wildman–Crippen MR) is 89.3 cm³/mol. The van der Waals surface area contributed by atoms with Gasteiger partial charge in [-0.25, -0.2) is 0 Å². The average Bonchev–Trinajstić information content (AvgIpc) is 3.06. The molecule has 1 aromatic carbocycles. The summed E-state index contributed by atoms with van der Waals surface area (Å²) in [4.78, 5) is 14.3. The molecule has 1 aliphatic rings. The van der Waals surface area contributed by atoms with E-state index in [4.69, 9.17) is 5.73 Å². The van der Waals surface area contributed by atoms with E-state index in [9.17, 15) is 4.79 Å². The van der Waals surface area contributed by atoms with Crippen LogP contribution in [0.5, 0.6) is 0 Å². The zero-order chi connectivity index (χ0) is 13.9. The summed E-state index contributed by atoms with van der Waals surface area (Å²) in [6.07, 6.45) is 3.46. The summed E-state index contributed by atoms with van der Waals surface area (Å²) in [5, 5.41) is 2.93. The number of carbonyl (C=O) groups excluding carboxylic acids is 1. The van der Waals surface area contributed by atoms with Gasteiger partial charge in [-0.1, -0.05) is 30.3 Å². The molecule has 0 aliphatic heterocycles. The number of hydrogen-bond donors (Lipinski definition) is 2. The second kappa shape index (κ2) is 7.07. The number of thiophene rings is 1. The highest BCUT2D eigenvalue weighted by Crippen LogP contribution is 2.30. The van der Waals surface area contributed by atoms with Gasteiger partial charge in [-0.05, 0) is 36.5 Å². The Hall–Kier alpha value is -1.36. The van der Waals surface area contributed by atoms with E-state index in [0.717, 1.165) is 23.3 Å². The number of nitrogens with two attached hydrogens (primary N) is 1. The van der Waals surface area contributed by atoms with Crippen molar-refractivity contribution < 1.29 is 4.79 Å². The van der Waals surface area contributed by atoms with Crippen LogP contribution in [0.15, 0.2) is 36.4 Å². The van der Waals surface area contributed by atoms with Crippen molar-refractivity contribution in [1.82, 2.24) is 5.32 Å². The second-order valence-electron chi connectivity index (χ2n) is 5.14. The lowest BCUT2D eigenvalue weighted by molar-refractivity contribution is 0.0955. The fourth-order valence-electron chi connectivity index (χ4n) is 2.55. The Morgan fingerprint density at radius 2 is 2.05 bits per heavy atom. The summed E-state index contributed by atoms with van der Waals surface area (Å²) < 4.78 is 0. The van der Waals surface area contributed by atoms with Crippen molar-refractivity contribution in [2.45, 2.75) is 25.3 Å². The van der Waals surface area contributed by atoms with Gasteiger partial charge in [0, 0.05) is 17.5 Å². The highest BCUT2D eigenvalue weighted by molar-refractivity contribution is 7.14. The Bertz CT molecular complexity index is 590. The minimum atomic E-state index is -0.160. The van der Waals surface area contributed by atoms with E-state index < -0.39 is 0 Å². The minimum absolute atomic E-state index is 0. The Morgan fingerprint density at radius 1 is 1.29 bits per heavy atom. The summed E-state index contributed by atoms with van der Waals surface area (Å²) in [7, 11) is 0. The molecule has 0 bridgehead atoms. The van der Waals surface area contributed by atoms with Gasteiger partial charge in [-0.15, -0.1) is 23.7 Å². The van der Waals surface area contributed by atoms with Crippen LogP contribution < -0.4 is 11.1 Å². The van der Waals surface area contributed by atoms with Crippen molar-refractivity contribution in [1.29, 1.82) is 0 Å². The van der Waals surface area contributed by atoms with Gasteiger partial charge in [0.1, 0.15) is 0 Å². The average molecular weight is 323 g/mol. The molecule has 3 N–H and O–H groups in total. The molecule has 1 unspecified atom stereocenters. The van der Waals surface area contributed by atoms with Crippen molar-refractivity contribution in [2.24, 2.45) is 5.73 Å². The molecule has 112 valence electrons. The fourth-order valence-corrected chi connectivity index (χ4v) is 3.72. The molecule has 21 heavy (non-hydrogen) atoms.